The van der Waals surface area contributed by atoms with E-state index < -0.39 is 47.2 Å². The van der Waals surface area contributed by atoms with E-state index in [-0.39, 0.29) is 40.2 Å². The molecular weight excluding hydrogens is 698 g/mol. The number of carbonyl (C=O) groups excluding carboxylic acids is 4. The fraction of sp³-hybridized carbons (Fsp3) is 0.346. The molecule has 2 aromatic heterocycles. The van der Waals surface area contributed by atoms with Crippen LogP contribution >= 0.6 is 46.5 Å². The fourth-order valence-electron chi connectivity index (χ4n) is 4.48. The van der Waals surface area contributed by atoms with Gasteiger partial charge in [-0.1, -0.05) is 23.9 Å². The number of β-lactam (4-membered cyclic amide) rings is 1. The minimum absolute atomic E-state index is 0.116. The average molecular weight is 724 g/mol. The molecule has 3 aromatic rings. The van der Waals surface area contributed by atoms with E-state index in [1.165, 1.54) is 40.7 Å². The Morgan fingerprint density at radius 1 is 1.28 bits per heavy atom. The summed E-state index contributed by atoms with van der Waals surface area (Å²) < 4.78 is 11.9. The molecule has 248 valence electrons. The summed E-state index contributed by atoms with van der Waals surface area (Å²) in [6.45, 7) is -0.116. The molecular formula is C26H26ClN9O8S3. The number of carboxylic acid groups (broad SMARTS) is 1. The first-order valence-corrected chi connectivity index (χ1v) is 17.0. The van der Waals surface area contributed by atoms with Crippen LogP contribution in [-0.2, 0) is 37.6 Å². The van der Waals surface area contributed by atoms with E-state index in [4.69, 9.17) is 21.1 Å². The quantitative estimate of drug-likeness (QED) is 0.115. The van der Waals surface area contributed by atoms with Crippen molar-refractivity contribution in [3.63, 3.8) is 0 Å². The summed E-state index contributed by atoms with van der Waals surface area (Å²) in [6.07, 6.45) is -0.944. The number of tetrazole rings is 1. The van der Waals surface area contributed by atoms with Gasteiger partial charge in [-0.15, -0.1) is 39.8 Å². The van der Waals surface area contributed by atoms with Gasteiger partial charge in [0.05, 0.1) is 12.8 Å². The zero-order chi connectivity index (χ0) is 33.7. The number of aliphatic carboxylic acids is 1. The third kappa shape index (κ3) is 7.77. The third-order valence-corrected chi connectivity index (χ3v) is 10.2. The molecule has 5 rings (SSSR count). The Morgan fingerprint density at radius 3 is 2.70 bits per heavy atom. The molecule has 47 heavy (non-hydrogen) atoms. The number of aryl methyl sites for hydroxylation is 1. The number of amides is 4. The van der Waals surface area contributed by atoms with Crippen LogP contribution in [0.4, 0.5) is 4.79 Å². The van der Waals surface area contributed by atoms with E-state index in [1.807, 2.05) is 0 Å². The van der Waals surface area contributed by atoms with E-state index in [2.05, 4.69) is 36.1 Å². The maximum atomic E-state index is 13.6. The maximum Gasteiger partial charge on any atom is 0.408 e. The molecule has 2 unspecified atom stereocenters. The van der Waals surface area contributed by atoms with Crippen LogP contribution in [0.15, 0.2) is 51.1 Å². The Balaban J connectivity index is 1.30. The number of aromatic amines is 1. The number of carboxylic acids is 1. The van der Waals surface area contributed by atoms with Gasteiger partial charge >= 0.3 is 12.1 Å². The molecule has 1 aromatic carbocycles. The molecule has 1 fully saturated rings. The van der Waals surface area contributed by atoms with Crippen LogP contribution in [-0.4, -0.2) is 101 Å². The second-order valence-corrected chi connectivity index (χ2v) is 13.0. The molecule has 3 atom stereocenters. The third-order valence-electron chi connectivity index (χ3n) is 6.76. The Hall–Kier alpha value is -4.40. The molecule has 1 saturated heterocycles. The second kappa shape index (κ2) is 15.0. The van der Waals surface area contributed by atoms with Crippen LogP contribution in [0.3, 0.4) is 0 Å². The van der Waals surface area contributed by atoms with Crippen molar-refractivity contribution in [1.29, 1.82) is 0 Å². The largest absolute Gasteiger partial charge is 0.497 e. The summed E-state index contributed by atoms with van der Waals surface area (Å²) in [5.41, 5.74) is 1.15. The number of nitrogens with zero attached hydrogens (tertiary/aromatic N) is 6. The molecule has 0 radical (unpaired) electrons. The first-order valence-electron chi connectivity index (χ1n) is 13.5. The Labute approximate surface area is 283 Å². The van der Waals surface area contributed by atoms with Gasteiger partial charge in [-0.05, 0) is 33.7 Å². The second-order valence-electron chi connectivity index (χ2n) is 9.79. The van der Waals surface area contributed by atoms with Gasteiger partial charge in [-0.25, -0.2) is 14.3 Å². The lowest BCUT2D eigenvalue weighted by Crippen LogP contribution is -2.71. The fourth-order valence-corrected chi connectivity index (χ4v) is 7.64. The number of ether oxygens (including phenoxy) is 2. The van der Waals surface area contributed by atoms with Gasteiger partial charge in [0.2, 0.25) is 11.1 Å². The van der Waals surface area contributed by atoms with Gasteiger partial charge in [0, 0.05) is 23.9 Å². The molecule has 0 aliphatic carbocycles. The van der Waals surface area contributed by atoms with E-state index in [1.54, 1.807) is 31.3 Å². The maximum absolute atomic E-state index is 13.6. The van der Waals surface area contributed by atoms with Crippen LogP contribution in [0.2, 0.25) is 0 Å². The molecule has 0 bridgehead atoms. The molecule has 2 aliphatic rings. The van der Waals surface area contributed by atoms with Gasteiger partial charge in [-0.2, -0.15) is 4.99 Å². The highest BCUT2D eigenvalue weighted by Gasteiger charge is 2.54. The predicted molar refractivity (Wildman–Crippen MR) is 168 cm³/mol. The van der Waals surface area contributed by atoms with Crippen molar-refractivity contribution >= 4 is 76.2 Å². The molecule has 0 spiro atoms. The Bertz CT molecular complexity index is 1790. The summed E-state index contributed by atoms with van der Waals surface area (Å²) in [5.74, 6) is -2.54. The number of hydrogen-bond acceptors (Lipinski definition) is 13. The Morgan fingerprint density at radius 2 is 2.04 bits per heavy atom. The number of benzene rings is 1. The Kier molecular flexibility index (Phi) is 10.8. The van der Waals surface area contributed by atoms with Crippen molar-refractivity contribution in [3.05, 3.63) is 57.0 Å². The lowest BCUT2D eigenvalue weighted by molar-refractivity contribution is -0.151. The number of thiazole rings is 1. The van der Waals surface area contributed by atoms with E-state index >= 15 is 0 Å². The normalized spacial score (nSPS) is 18.2. The number of alkyl carbamates (subject to hydrolysis) is 1. The number of nitrogens with one attached hydrogen (secondary N) is 3. The molecule has 4 amide bonds. The van der Waals surface area contributed by atoms with Crippen molar-refractivity contribution in [3.8, 4) is 5.75 Å². The lowest BCUT2D eigenvalue weighted by atomic mass is 10.0. The van der Waals surface area contributed by atoms with Crippen molar-refractivity contribution < 1.29 is 38.6 Å². The first-order chi connectivity index (χ1) is 22.6. The van der Waals surface area contributed by atoms with Crippen LogP contribution in [0.1, 0.15) is 17.3 Å². The molecule has 21 heteroatoms. The van der Waals surface area contributed by atoms with Gasteiger partial charge in [-0.3, -0.25) is 19.3 Å². The minimum Gasteiger partial charge on any atom is -0.497 e. The van der Waals surface area contributed by atoms with Crippen LogP contribution in [0, 0.1) is 0 Å². The summed E-state index contributed by atoms with van der Waals surface area (Å²) >= 11 is 9.05. The number of rotatable bonds is 12. The number of aromatic nitrogens is 5. The number of halogens is 1. The highest BCUT2D eigenvalue weighted by atomic mass is 35.5. The van der Waals surface area contributed by atoms with Gasteiger partial charge in [0.25, 0.3) is 11.8 Å². The monoisotopic (exact) mass is 723 g/mol. The zero-order valence-electron chi connectivity index (χ0n) is 24.5. The van der Waals surface area contributed by atoms with Crippen LogP contribution in [0.5, 0.6) is 5.75 Å². The molecule has 4 heterocycles. The van der Waals surface area contributed by atoms with E-state index in [0.717, 1.165) is 16.2 Å². The summed E-state index contributed by atoms with van der Waals surface area (Å²) in [5, 5.41) is 27.5. The number of methoxy groups -OCH3 is 1. The van der Waals surface area contributed by atoms with Crippen molar-refractivity contribution in [2.24, 2.45) is 12.0 Å². The van der Waals surface area contributed by atoms with E-state index in [9.17, 15) is 29.1 Å². The topological polar surface area (TPSA) is 223 Å². The van der Waals surface area contributed by atoms with Crippen molar-refractivity contribution in [1.82, 2.24) is 40.7 Å². The van der Waals surface area contributed by atoms with Crippen LogP contribution in [0.25, 0.3) is 0 Å². The summed E-state index contributed by atoms with van der Waals surface area (Å²) in [4.78, 5) is 71.6. The smallest absolute Gasteiger partial charge is 0.408 e. The first kappa shape index (κ1) is 33.9. The highest BCUT2D eigenvalue weighted by molar-refractivity contribution is 8.01. The predicted octanol–water partition coefficient (Wildman–Crippen LogP) is 0.773. The van der Waals surface area contributed by atoms with E-state index in [0.29, 0.717) is 22.0 Å². The van der Waals surface area contributed by atoms with Crippen molar-refractivity contribution in [2.75, 3.05) is 24.5 Å². The highest BCUT2D eigenvalue weighted by Crippen LogP contribution is 2.41. The zero-order valence-corrected chi connectivity index (χ0v) is 27.7. The number of H-pyrrole nitrogens is 1. The number of thioether (sulfide) groups is 2. The van der Waals surface area contributed by atoms with Gasteiger partial charge in [0.1, 0.15) is 35.3 Å². The van der Waals surface area contributed by atoms with Crippen LogP contribution < -0.4 is 20.2 Å². The molecule has 17 nitrogen and oxygen atoms in total. The number of hydrogen-bond donors (Lipinski definition) is 4. The number of carbonyl (C=O) groups is 5. The SMILES string of the molecule is COc1ccc(COC(=O)NC(C(=O)N[C@H]2C(=O)N3C(C(=O)O)=C(CSc4nnnn4C)CSC23)c2cs/c(=N/C(=O)CCl)[nH]2)cc1. The summed E-state index contributed by atoms with van der Waals surface area (Å²) in [6, 6.07) is 4.32. The molecule has 0 saturated carbocycles. The standard InChI is InChI=1S/C26H26ClN9O8S3/c1-35-25(32-33-34-35)47-10-13-9-45-22-18(21(39)36(22)19(13)23(40)41)30-20(38)17(15-11-46-24(28-15)29-16(37)7-27)31-26(42)44-8-12-3-5-14(43-2)6-4-12/h3-6,11,17-18,22H,7-10H2,1-2H3,(H,30,38)(H,31,42)(H,40,41)(H,28,29,37)/t17?,18-,22?/m0/s1. The summed E-state index contributed by atoms with van der Waals surface area (Å²) in [7, 11) is 3.18. The van der Waals surface area contributed by atoms with Gasteiger partial charge in [0.15, 0.2) is 10.8 Å². The number of alkyl halides is 1. The molecule has 4 N–H and O–H groups in total. The van der Waals surface area contributed by atoms with Crippen molar-refractivity contribution in [2.45, 2.75) is 29.2 Å². The van der Waals surface area contributed by atoms with Gasteiger partial charge < -0.3 is 30.2 Å². The minimum atomic E-state index is -1.40. The number of fused-ring (bicyclic) bond motifs is 1. The molecule has 2 aliphatic heterocycles. The lowest BCUT2D eigenvalue weighted by Gasteiger charge is -2.49. The average Bonchev–Trinajstić information content (AvgIpc) is 3.71.